The summed E-state index contributed by atoms with van der Waals surface area (Å²) in [4.78, 5) is 1.97. The summed E-state index contributed by atoms with van der Waals surface area (Å²) in [6.07, 6.45) is 2.00. The zero-order valence-corrected chi connectivity index (χ0v) is 14.9. The number of hydrogen-bond acceptors (Lipinski definition) is 5. The van der Waals surface area contributed by atoms with Crippen molar-refractivity contribution in [3.63, 3.8) is 0 Å². The second-order valence-electron chi connectivity index (χ2n) is 5.90. The summed E-state index contributed by atoms with van der Waals surface area (Å²) in [6.45, 7) is 5.57. The van der Waals surface area contributed by atoms with Gasteiger partial charge in [-0.3, -0.25) is 5.10 Å². The molecule has 1 saturated heterocycles. The highest BCUT2D eigenvalue weighted by atomic mass is 32.2. The number of nitrogens with zero attached hydrogens (tertiary/aromatic N) is 1. The second-order valence-corrected chi connectivity index (χ2v) is 8.89. The number of hydrogen-bond donors (Lipinski definition) is 2. The van der Waals surface area contributed by atoms with E-state index >= 15 is 0 Å². The molecule has 2 N–H and O–H groups in total. The van der Waals surface area contributed by atoms with Crippen LogP contribution in [0.2, 0.25) is 0 Å². The third-order valence-electron chi connectivity index (χ3n) is 3.94. The van der Waals surface area contributed by atoms with Crippen molar-refractivity contribution in [2.24, 2.45) is 5.92 Å². The van der Waals surface area contributed by atoms with E-state index in [0.717, 1.165) is 40.6 Å². The Bertz CT molecular complexity index is 774. The maximum absolute atomic E-state index is 12.6. The summed E-state index contributed by atoms with van der Waals surface area (Å²) in [5.41, 5.74) is 1.73. The maximum Gasteiger partial charge on any atom is 0.241 e. The van der Waals surface area contributed by atoms with Gasteiger partial charge in [-0.25, -0.2) is 13.1 Å². The largest absolute Gasteiger partial charge is 0.381 e. The highest BCUT2D eigenvalue weighted by molar-refractivity contribution is 7.89. The molecule has 0 aliphatic carbocycles. The van der Waals surface area contributed by atoms with E-state index in [-0.39, 0.29) is 5.92 Å². The first-order valence-corrected chi connectivity index (χ1v) is 9.96. The SMILES string of the molecule is Cc1cc(-c2cc(S(=O)(=O)NCC3CCCOC3)c(C)s2)n[nH]1. The Morgan fingerprint density at radius 3 is 2.91 bits per heavy atom. The standard InChI is InChI=1S/C15H21N3O3S2/c1-10-6-13(18-17-10)14-7-15(11(2)22-14)23(19,20)16-8-12-4-3-5-21-9-12/h6-7,12,16H,3-5,8-9H2,1-2H3,(H,17,18). The highest BCUT2D eigenvalue weighted by Crippen LogP contribution is 2.32. The van der Waals surface area contributed by atoms with E-state index in [1.54, 1.807) is 6.07 Å². The lowest BCUT2D eigenvalue weighted by atomic mass is 10.0. The molecule has 23 heavy (non-hydrogen) atoms. The number of thiophene rings is 1. The van der Waals surface area contributed by atoms with E-state index in [2.05, 4.69) is 14.9 Å². The van der Waals surface area contributed by atoms with Crippen molar-refractivity contribution in [3.05, 3.63) is 22.7 Å². The zero-order valence-electron chi connectivity index (χ0n) is 13.3. The van der Waals surface area contributed by atoms with Gasteiger partial charge in [-0.15, -0.1) is 11.3 Å². The highest BCUT2D eigenvalue weighted by Gasteiger charge is 2.23. The number of sulfonamides is 1. The summed E-state index contributed by atoms with van der Waals surface area (Å²) in [5.74, 6) is 0.255. The quantitative estimate of drug-likeness (QED) is 0.863. The van der Waals surface area contributed by atoms with E-state index in [0.29, 0.717) is 18.0 Å². The van der Waals surface area contributed by atoms with Crippen LogP contribution in [0.4, 0.5) is 0 Å². The summed E-state index contributed by atoms with van der Waals surface area (Å²) in [6, 6.07) is 3.61. The molecule has 126 valence electrons. The molecule has 2 aromatic rings. The van der Waals surface area contributed by atoms with Gasteiger partial charge in [0, 0.05) is 23.7 Å². The van der Waals surface area contributed by atoms with Gasteiger partial charge < -0.3 is 4.74 Å². The molecular weight excluding hydrogens is 334 g/mol. The van der Waals surface area contributed by atoms with E-state index in [9.17, 15) is 8.42 Å². The van der Waals surface area contributed by atoms with Crippen LogP contribution in [0.5, 0.6) is 0 Å². The van der Waals surface area contributed by atoms with E-state index in [1.807, 2.05) is 19.9 Å². The normalized spacial score (nSPS) is 19.1. The second kappa shape index (κ2) is 6.72. The predicted octanol–water partition coefficient (Wildman–Crippen LogP) is 2.46. The third-order valence-corrected chi connectivity index (χ3v) is 6.69. The van der Waals surface area contributed by atoms with Crippen molar-refractivity contribution in [3.8, 4) is 10.6 Å². The molecular formula is C15H21N3O3S2. The van der Waals surface area contributed by atoms with Crippen molar-refractivity contribution in [2.75, 3.05) is 19.8 Å². The summed E-state index contributed by atoms with van der Waals surface area (Å²) in [5, 5.41) is 7.08. The average molecular weight is 355 g/mol. The third kappa shape index (κ3) is 3.82. The topological polar surface area (TPSA) is 84.1 Å². The smallest absolute Gasteiger partial charge is 0.241 e. The first-order chi connectivity index (χ1) is 11.0. The van der Waals surface area contributed by atoms with Crippen LogP contribution < -0.4 is 4.72 Å². The fourth-order valence-corrected chi connectivity index (χ4v) is 5.34. The number of aryl methyl sites for hydroxylation is 2. The summed E-state index contributed by atoms with van der Waals surface area (Å²) < 4.78 is 33.3. The van der Waals surface area contributed by atoms with Crippen LogP contribution in [-0.4, -0.2) is 38.4 Å². The minimum Gasteiger partial charge on any atom is -0.381 e. The first kappa shape index (κ1) is 16.6. The van der Waals surface area contributed by atoms with Gasteiger partial charge in [0.25, 0.3) is 0 Å². The lowest BCUT2D eigenvalue weighted by Crippen LogP contribution is -2.33. The molecule has 2 aromatic heterocycles. The molecule has 0 spiro atoms. The Morgan fingerprint density at radius 1 is 1.43 bits per heavy atom. The fourth-order valence-electron chi connectivity index (χ4n) is 2.68. The number of aromatic amines is 1. The van der Waals surface area contributed by atoms with Crippen LogP contribution in [0.25, 0.3) is 10.6 Å². The lowest BCUT2D eigenvalue weighted by molar-refractivity contribution is 0.0568. The Labute approximate surface area is 140 Å². The van der Waals surface area contributed by atoms with Gasteiger partial charge in [0.2, 0.25) is 10.0 Å². The summed E-state index contributed by atoms with van der Waals surface area (Å²) >= 11 is 1.44. The van der Waals surface area contributed by atoms with Gasteiger partial charge in [0.15, 0.2) is 0 Å². The van der Waals surface area contributed by atoms with Crippen molar-refractivity contribution >= 4 is 21.4 Å². The minimum absolute atomic E-state index is 0.255. The molecule has 1 aliphatic heterocycles. The van der Waals surface area contributed by atoms with Gasteiger partial charge in [0.1, 0.15) is 5.69 Å². The molecule has 6 nitrogen and oxygen atoms in total. The minimum atomic E-state index is -3.50. The van der Waals surface area contributed by atoms with Crippen LogP contribution in [0, 0.1) is 19.8 Å². The van der Waals surface area contributed by atoms with Crippen molar-refractivity contribution in [1.82, 2.24) is 14.9 Å². The number of rotatable bonds is 5. The number of H-pyrrole nitrogens is 1. The molecule has 0 amide bonds. The average Bonchev–Trinajstić information content (AvgIpc) is 3.13. The van der Waals surface area contributed by atoms with Crippen LogP contribution in [0.3, 0.4) is 0 Å². The van der Waals surface area contributed by atoms with Gasteiger partial charge in [-0.05, 0) is 44.7 Å². The molecule has 3 heterocycles. The van der Waals surface area contributed by atoms with E-state index < -0.39 is 10.0 Å². The van der Waals surface area contributed by atoms with Gasteiger partial charge in [-0.1, -0.05) is 0 Å². The van der Waals surface area contributed by atoms with Crippen molar-refractivity contribution < 1.29 is 13.2 Å². The molecule has 0 radical (unpaired) electrons. The van der Waals surface area contributed by atoms with E-state index in [4.69, 9.17) is 4.74 Å². The Morgan fingerprint density at radius 2 is 2.26 bits per heavy atom. The molecule has 1 fully saturated rings. The predicted molar refractivity (Wildman–Crippen MR) is 90.1 cm³/mol. The van der Waals surface area contributed by atoms with Crippen LogP contribution in [-0.2, 0) is 14.8 Å². The Hall–Kier alpha value is -1.22. The molecule has 0 aromatic carbocycles. The lowest BCUT2D eigenvalue weighted by Gasteiger charge is -2.22. The van der Waals surface area contributed by atoms with Gasteiger partial charge in [-0.2, -0.15) is 5.10 Å². The molecule has 1 atom stereocenters. The summed E-state index contributed by atoms with van der Waals surface area (Å²) in [7, 11) is -3.50. The monoisotopic (exact) mass is 355 g/mol. The fraction of sp³-hybridized carbons (Fsp3) is 0.533. The number of ether oxygens (including phenoxy) is 1. The number of nitrogens with one attached hydrogen (secondary N) is 2. The van der Waals surface area contributed by atoms with Crippen LogP contribution >= 0.6 is 11.3 Å². The van der Waals surface area contributed by atoms with E-state index in [1.165, 1.54) is 11.3 Å². The van der Waals surface area contributed by atoms with Gasteiger partial charge in [0.05, 0.1) is 16.4 Å². The van der Waals surface area contributed by atoms with Crippen molar-refractivity contribution in [1.29, 1.82) is 0 Å². The molecule has 1 unspecified atom stereocenters. The Balaban J connectivity index is 1.75. The first-order valence-electron chi connectivity index (χ1n) is 7.66. The molecule has 0 bridgehead atoms. The van der Waals surface area contributed by atoms with Crippen LogP contribution in [0.15, 0.2) is 17.0 Å². The number of aromatic nitrogens is 2. The van der Waals surface area contributed by atoms with Crippen LogP contribution in [0.1, 0.15) is 23.4 Å². The van der Waals surface area contributed by atoms with Crippen molar-refractivity contribution in [2.45, 2.75) is 31.6 Å². The Kier molecular flexibility index (Phi) is 4.86. The maximum atomic E-state index is 12.6. The molecule has 1 aliphatic rings. The molecule has 8 heteroatoms. The van der Waals surface area contributed by atoms with Gasteiger partial charge >= 0.3 is 0 Å². The zero-order chi connectivity index (χ0) is 16.4. The molecule has 3 rings (SSSR count). The molecule has 0 saturated carbocycles.